The molecule has 20 heavy (non-hydrogen) atoms. The maximum atomic E-state index is 11.8. The third-order valence-corrected chi connectivity index (χ3v) is 4.77. The van der Waals surface area contributed by atoms with E-state index in [1.54, 1.807) is 24.3 Å². The average molecular weight is 364 g/mol. The second-order valence-corrected chi connectivity index (χ2v) is 7.48. The quantitative estimate of drug-likeness (QED) is 0.608. The highest BCUT2D eigenvalue weighted by molar-refractivity contribution is 9.10. The van der Waals surface area contributed by atoms with E-state index in [2.05, 4.69) is 21.2 Å². The van der Waals surface area contributed by atoms with Crippen LogP contribution < -0.4 is 5.32 Å². The van der Waals surface area contributed by atoms with Gasteiger partial charge in [0.15, 0.2) is 10.5 Å². The van der Waals surface area contributed by atoms with E-state index in [0.29, 0.717) is 5.56 Å². The summed E-state index contributed by atoms with van der Waals surface area (Å²) in [5.74, 6) is -1.30. The summed E-state index contributed by atoms with van der Waals surface area (Å²) >= 11 is 3.23. The number of halogens is 1. The Labute approximate surface area is 125 Å². The van der Waals surface area contributed by atoms with E-state index in [1.807, 2.05) is 0 Å². The summed E-state index contributed by atoms with van der Waals surface area (Å²) in [5.41, 5.74) is 0.387. The maximum Gasteiger partial charge on any atom is 0.279 e. The summed E-state index contributed by atoms with van der Waals surface area (Å²) < 4.78 is 29.9. The largest absolute Gasteiger partial charge is 0.347 e. The SMILES string of the molecule is CC(C)(C(=O)NCC(=O)c1ccc(Br)cc1)S(=O)(=O)O. The molecule has 1 aromatic carbocycles. The minimum absolute atomic E-state index is 0.348. The van der Waals surface area contributed by atoms with Crippen LogP contribution in [0.2, 0.25) is 0 Å². The molecule has 6 nitrogen and oxygen atoms in total. The van der Waals surface area contributed by atoms with Crippen LogP contribution in [0.3, 0.4) is 0 Å². The molecule has 0 aliphatic rings. The van der Waals surface area contributed by atoms with Crippen LogP contribution in [0, 0.1) is 0 Å². The monoisotopic (exact) mass is 363 g/mol. The van der Waals surface area contributed by atoms with Gasteiger partial charge in [-0.3, -0.25) is 14.1 Å². The van der Waals surface area contributed by atoms with Crippen molar-refractivity contribution in [3.63, 3.8) is 0 Å². The van der Waals surface area contributed by atoms with Gasteiger partial charge in [0.25, 0.3) is 10.1 Å². The van der Waals surface area contributed by atoms with Gasteiger partial charge in [-0.1, -0.05) is 28.1 Å². The van der Waals surface area contributed by atoms with Gasteiger partial charge in [-0.05, 0) is 26.0 Å². The molecule has 0 aliphatic heterocycles. The van der Waals surface area contributed by atoms with E-state index in [4.69, 9.17) is 4.55 Å². The number of amides is 1. The van der Waals surface area contributed by atoms with E-state index < -0.39 is 20.8 Å². The van der Waals surface area contributed by atoms with Crippen molar-refractivity contribution in [3.8, 4) is 0 Å². The molecule has 0 unspecified atom stereocenters. The van der Waals surface area contributed by atoms with Crippen molar-refractivity contribution in [1.29, 1.82) is 0 Å². The number of carbonyl (C=O) groups excluding carboxylic acids is 2. The molecule has 0 radical (unpaired) electrons. The molecule has 0 atom stereocenters. The summed E-state index contributed by atoms with van der Waals surface area (Å²) in [7, 11) is -4.55. The number of ketones is 1. The first-order valence-corrected chi connectivity index (χ1v) is 7.83. The van der Waals surface area contributed by atoms with Gasteiger partial charge in [-0.15, -0.1) is 0 Å². The highest BCUT2D eigenvalue weighted by Crippen LogP contribution is 2.15. The number of hydrogen-bond acceptors (Lipinski definition) is 4. The average Bonchev–Trinajstić information content (AvgIpc) is 2.34. The molecule has 2 N–H and O–H groups in total. The normalized spacial score (nSPS) is 12.0. The number of nitrogens with one attached hydrogen (secondary N) is 1. The third-order valence-electron chi connectivity index (χ3n) is 2.77. The second kappa shape index (κ2) is 6.02. The molecule has 0 fully saturated rings. The minimum Gasteiger partial charge on any atom is -0.347 e. The zero-order valence-electron chi connectivity index (χ0n) is 10.9. The molecule has 110 valence electrons. The Morgan fingerprint density at radius 1 is 1.25 bits per heavy atom. The van der Waals surface area contributed by atoms with Gasteiger partial charge >= 0.3 is 0 Å². The first-order chi connectivity index (χ1) is 9.05. The van der Waals surface area contributed by atoms with Crippen LogP contribution in [0.25, 0.3) is 0 Å². The molecule has 0 aliphatic carbocycles. The van der Waals surface area contributed by atoms with Gasteiger partial charge in [0, 0.05) is 10.0 Å². The van der Waals surface area contributed by atoms with Crippen LogP contribution in [-0.4, -0.2) is 36.0 Å². The lowest BCUT2D eigenvalue weighted by Gasteiger charge is -2.19. The van der Waals surface area contributed by atoms with Crippen LogP contribution >= 0.6 is 15.9 Å². The Kier molecular flexibility index (Phi) is 5.06. The van der Waals surface area contributed by atoms with Gasteiger partial charge in [0.1, 0.15) is 0 Å². The summed E-state index contributed by atoms with van der Waals surface area (Å²) in [6, 6.07) is 6.51. The maximum absolute atomic E-state index is 11.8. The molecule has 8 heteroatoms. The lowest BCUT2D eigenvalue weighted by Crippen LogP contribution is -2.49. The number of hydrogen-bond donors (Lipinski definition) is 2. The third kappa shape index (κ3) is 3.87. The highest BCUT2D eigenvalue weighted by Gasteiger charge is 2.40. The molecular weight excluding hydrogens is 350 g/mol. The first-order valence-electron chi connectivity index (χ1n) is 5.60. The molecule has 0 saturated heterocycles. The van der Waals surface area contributed by atoms with Crippen LogP contribution in [0.1, 0.15) is 24.2 Å². The van der Waals surface area contributed by atoms with Crippen molar-refractivity contribution >= 4 is 37.7 Å². The first kappa shape index (κ1) is 16.8. The van der Waals surface area contributed by atoms with Crippen molar-refractivity contribution < 1.29 is 22.6 Å². The van der Waals surface area contributed by atoms with Crippen molar-refractivity contribution in [3.05, 3.63) is 34.3 Å². The fourth-order valence-electron chi connectivity index (χ4n) is 1.23. The Balaban J connectivity index is 2.71. The standard InChI is InChI=1S/C12H14BrNO5S/c1-12(2,20(17,18)19)11(16)14-7-10(15)8-3-5-9(13)6-4-8/h3-6H,7H2,1-2H3,(H,14,16)(H,17,18,19). The highest BCUT2D eigenvalue weighted by atomic mass is 79.9. The Morgan fingerprint density at radius 3 is 2.20 bits per heavy atom. The smallest absolute Gasteiger partial charge is 0.279 e. The fourth-order valence-corrected chi connectivity index (χ4v) is 1.80. The zero-order chi connectivity index (χ0) is 15.6. The zero-order valence-corrected chi connectivity index (χ0v) is 13.3. The predicted octanol–water partition coefficient (Wildman–Crippen LogP) is 1.41. The van der Waals surface area contributed by atoms with Crippen molar-refractivity contribution in [1.82, 2.24) is 5.32 Å². The van der Waals surface area contributed by atoms with Gasteiger partial charge < -0.3 is 5.32 Å². The van der Waals surface area contributed by atoms with Crippen LogP contribution in [0.5, 0.6) is 0 Å². The molecule has 0 spiro atoms. The topological polar surface area (TPSA) is 101 Å². The van der Waals surface area contributed by atoms with Gasteiger partial charge in [-0.2, -0.15) is 8.42 Å². The van der Waals surface area contributed by atoms with Gasteiger partial charge in [0.05, 0.1) is 6.54 Å². The van der Waals surface area contributed by atoms with Crippen molar-refractivity contribution in [2.24, 2.45) is 0 Å². The van der Waals surface area contributed by atoms with Gasteiger partial charge in [-0.25, -0.2) is 0 Å². The van der Waals surface area contributed by atoms with E-state index in [1.165, 1.54) is 0 Å². The number of Topliss-reactive ketones (excluding diaryl/α,β-unsaturated/α-hetero) is 1. The molecule has 0 heterocycles. The predicted molar refractivity (Wildman–Crippen MR) is 77.1 cm³/mol. The van der Waals surface area contributed by atoms with Crippen LogP contribution in [0.4, 0.5) is 0 Å². The van der Waals surface area contributed by atoms with E-state index in [0.717, 1.165) is 18.3 Å². The second-order valence-electron chi connectivity index (χ2n) is 4.60. The molecule has 1 rings (SSSR count). The lowest BCUT2D eigenvalue weighted by molar-refractivity contribution is -0.122. The Morgan fingerprint density at radius 2 is 1.75 bits per heavy atom. The molecule has 0 aromatic heterocycles. The Hall–Kier alpha value is -1.25. The van der Waals surface area contributed by atoms with Gasteiger partial charge in [0.2, 0.25) is 5.91 Å². The minimum atomic E-state index is -4.55. The summed E-state index contributed by atoms with van der Waals surface area (Å²) in [4.78, 5) is 23.5. The number of benzene rings is 1. The summed E-state index contributed by atoms with van der Waals surface area (Å²) in [6.07, 6.45) is 0. The molecule has 0 bridgehead atoms. The summed E-state index contributed by atoms with van der Waals surface area (Å²) in [6.45, 7) is 1.77. The van der Waals surface area contributed by atoms with Crippen molar-refractivity contribution in [2.45, 2.75) is 18.6 Å². The van der Waals surface area contributed by atoms with Crippen LogP contribution in [-0.2, 0) is 14.9 Å². The van der Waals surface area contributed by atoms with E-state index in [9.17, 15) is 18.0 Å². The fraction of sp³-hybridized carbons (Fsp3) is 0.333. The van der Waals surface area contributed by atoms with E-state index in [-0.39, 0.29) is 12.3 Å². The molecule has 0 saturated carbocycles. The van der Waals surface area contributed by atoms with Crippen LogP contribution in [0.15, 0.2) is 28.7 Å². The molecule has 1 aromatic rings. The summed E-state index contributed by atoms with van der Waals surface area (Å²) in [5, 5.41) is 2.20. The molecular formula is C12H14BrNO5S. The number of carbonyl (C=O) groups is 2. The lowest BCUT2D eigenvalue weighted by atomic mass is 10.1. The van der Waals surface area contributed by atoms with E-state index >= 15 is 0 Å². The number of rotatable bonds is 5. The molecule has 1 amide bonds. The Bertz CT molecular complexity index is 622. The van der Waals surface area contributed by atoms with Crippen molar-refractivity contribution in [2.75, 3.05) is 6.54 Å².